The van der Waals surface area contributed by atoms with Crippen molar-refractivity contribution in [2.24, 2.45) is 0 Å². The van der Waals surface area contributed by atoms with Gasteiger partial charge in [0.1, 0.15) is 10.7 Å². The highest BCUT2D eigenvalue weighted by molar-refractivity contribution is 7.89. The van der Waals surface area contributed by atoms with Gasteiger partial charge in [-0.15, -0.1) is 0 Å². The van der Waals surface area contributed by atoms with Crippen molar-refractivity contribution in [1.82, 2.24) is 24.2 Å². The molecule has 0 saturated heterocycles. The Balaban J connectivity index is 1.65. The molecule has 0 amide bonds. The van der Waals surface area contributed by atoms with Gasteiger partial charge in [0.25, 0.3) is 0 Å². The third kappa shape index (κ3) is 4.90. The molecule has 3 aromatic heterocycles. The van der Waals surface area contributed by atoms with E-state index >= 15 is 0 Å². The zero-order valence-electron chi connectivity index (χ0n) is 20.7. The smallest absolute Gasteiger partial charge is 0.246 e. The molecule has 10 nitrogen and oxygen atoms in total. The van der Waals surface area contributed by atoms with Crippen LogP contribution in [-0.2, 0) is 16.6 Å². The standard InChI is InChI=1S/C27H25N7O3S/c1-34(2)38(36,37)24-14-20(15-30-26(24)28)19-6-7-23-22(13-19)25(18-8-10-29-11-9-18)33-27(32-23)31-21-5-3-4-17(12-21)16-35/h3-15,35H,16H2,1-2H3,(H2,28,30)(H,31,32,33). The average molecular weight is 528 g/mol. The van der Waals surface area contributed by atoms with Crippen LogP contribution in [0, 0.1) is 0 Å². The van der Waals surface area contributed by atoms with Gasteiger partial charge in [0, 0.05) is 54.9 Å². The fourth-order valence-corrected chi connectivity index (χ4v) is 4.97. The lowest BCUT2D eigenvalue weighted by molar-refractivity contribution is 0.282. The highest BCUT2D eigenvalue weighted by Gasteiger charge is 2.22. The minimum absolute atomic E-state index is 0.0599. The zero-order valence-corrected chi connectivity index (χ0v) is 21.5. The van der Waals surface area contributed by atoms with Gasteiger partial charge in [-0.25, -0.2) is 27.7 Å². The molecule has 3 heterocycles. The number of aromatic nitrogens is 4. The van der Waals surface area contributed by atoms with Crippen LogP contribution in [0.5, 0.6) is 0 Å². The summed E-state index contributed by atoms with van der Waals surface area (Å²) in [6.07, 6.45) is 4.92. The van der Waals surface area contributed by atoms with E-state index in [1.807, 2.05) is 54.6 Å². The predicted molar refractivity (Wildman–Crippen MR) is 147 cm³/mol. The Morgan fingerprint density at radius 1 is 0.947 bits per heavy atom. The van der Waals surface area contributed by atoms with Crippen LogP contribution in [0.15, 0.2) is 84.1 Å². The SMILES string of the molecule is CN(C)S(=O)(=O)c1cc(-c2ccc3nc(Nc4cccc(CO)c4)nc(-c4ccncc4)c3c2)cnc1N. The summed E-state index contributed by atoms with van der Waals surface area (Å²) in [5.74, 6) is 0.325. The lowest BCUT2D eigenvalue weighted by atomic mass is 10.0. The van der Waals surface area contributed by atoms with E-state index in [0.717, 1.165) is 32.1 Å². The molecule has 5 aromatic rings. The number of benzene rings is 2. The maximum absolute atomic E-state index is 12.8. The van der Waals surface area contributed by atoms with E-state index in [9.17, 15) is 13.5 Å². The third-order valence-electron chi connectivity index (χ3n) is 5.99. The van der Waals surface area contributed by atoms with Gasteiger partial charge < -0.3 is 16.2 Å². The van der Waals surface area contributed by atoms with E-state index in [0.29, 0.717) is 22.7 Å². The Morgan fingerprint density at radius 2 is 1.74 bits per heavy atom. The van der Waals surface area contributed by atoms with Crippen LogP contribution in [0.2, 0.25) is 0 Å². The highest BCUT2D eigenvalue weighted by Crippen LogP contribution is 2.33. The largest absolute Gasteiger partial charge is 0.392 e. The highest BCUT2D eigenvalue weighted by atomic mass is 32.2. The van der Waals surface area contributed by atoms with Gasteiger partial charge in [0.2, 0.25) is 16.0 Å². The summed E-state index contributed by atoms with van der Waals surface area (Å²) in [5.41, 5.74) is 10.9. The quantitative estimate of drug-likeness (QED) is 0.287. The van der Waals surface area contributed by atoms with Gasteiger partial charge in [-0.1, -0.05) is 18.2 Å². The van der Waals surface area contributed by atoms with E-state index in [4.69, 9.17) is 15.7 Å². The molecule has 0 fully saturated rings. The molecule has 0 bridgehead atoms. The van der Waals surface area contributed by atoms with Crippen molar-refractivity contribution in [1.29, 1.82) is 0 Å². The molecule has 2 aromatic carbocycles. The number of sulfonamides is 1. The first kappa shape index (κ1) is 25.2. The first-order valence-corrected chi connectivity index (χ1v) is 13.1. The van der Waals surface area contributed by atoms with Crippen LogP contribution in [0.1, 0.15) is 5.56 Å². The van der Waals surface area contributed by atoms with Crippen LogP contribution in [0.3, 0.4) is 0 Å². The Hall–Kier alpha value is -4.45. The van der Waals surface area contributed by atoms with Gasteiger partial charge in [0.05, 0.1) is 17.8 Å². The number of rotatable bonds is 7. The van der Waals surface area contributed by atoms with Crippen molar-refractivity contribution in [3.63, 3.8) is 0 Å². The van der Waals surface area contributed by atoms with Crippen molar-refractivity contribution in [2.75, 3.05) is 25.1 Å². The second kappa shape index (κ2) is 10.1. The number of nitrogens with one attached hydrogen (secondary N) is 1. The summed E-state index contributed by atoms with van der Waals surface area (Å²) in [4.78, 5) is 17.7. The maximum Gasteiger partial charge on any atom is 0.246 e. The van der Waals surface area contributed by atoms with Gasteiger partial charge >= 0.3 is 0 Å². The molecular weight excluding hydrogens is 502 g/mol. The van der Waals surface area contributed by atoms with Crippen LogP contribution >= 0.6 is 0 Å². The lowest BCUT2D eigenvalue weighted by Gasteiger charge is -2.15. The Bertz CT molecular complexity index is 1740. The van der Waals surface area contributed by atoms with Crippen molar-refractivity contribution in [2.45, 2.75) is 11.5 Å². The molecule has 0 saturated carbocycles. The molecule has 11 heteroatoms. The normalized spacial score (nSPS) is 11.7. The molecule has 0 spiro atoms. The Labute approximate surface area is 219 Å². The number of hydrogen-bond acceptors (Lipinski definition) is 9. The average Bonchev–Trinajstić information content (AvgIpc) is 2.93. The van der Waals surface area contributed by atoms with Crippen molar-refractivity contribution < 1.29 is 13.5 Å². The second-order valence-corrected chi connectivity index (χ2v) is 10.9. The van der Waals surface area contributed by atoms with Gasteiger partial charge in [-0.2, -0.15) is 0 Å². The molecule has 0 atom stereocenters. The molecule has 0 aliphatic rings. The van der Waals surface area contributed by atoms with Gasteiger partial charge in [-0.05, 0) is 53.6 Å². The topological polar surface area (TPSA) is 147 Å². The zero-order chi connectivity index (χ0) is 26.9. The monoisotopic (exact) mass is 527 g/mol. The number of anilines is 3. The van der Waals surface area contributed by atoms with Gasteiger partial charge in [0.15, 0.2) is 0 Å². The maximum atomic E-state index is 12.8. The Kier molecular flexibility index (Phi) is 6.72. The lowest BCUT2D eigenvalue weighted by Crippen LogP contribution is -2.23. The summed E-state index contributed by atoms with van der Waals surface area (Å²) in [6, 6.07) is 18.2. The van der Waals surface area contributed by atoms with Crippen LogP contribution in [0.25, 0.3) is 33.3 Å². The minimum Gasteiger partial charge on any atom is -0.392 e. The van der Waals surface area contributed by atoms with Crippen molar-refractivity contribution in [3.05, 3.63) is 84.8 Å². The molecule has 192 valence electrons. The number of fused-ring (bicyclic) bond motifs is 1. The summed E-state index contributed by atoms with van der Waals surface area (Å²) >= 11 is 0. The molecule has 0 radical (unpaired) electrons. The number of nitrogens with two attached hydrogens (primary N) is 1. The summed E-state index contributed by atoms with van der Waals surface area (Å²) in [5, 5.41) is 13.5. The number of aliphatic hydroxyl groups excluding tert-OH is 1. The number of hydrogen-bond donors (Lipinski definition) is 3. The molecule has 0 aliphatic carbocycles. The number of nitrogens with zero attached hydrogens (tertiary/aromatic N) is 5. The fourth-order valence-electron chi connectivity index (χ4n) is 3.99. The van der Waals surface area contributed by atoms with E-state index < -0.39 is 10.0 Å². The summed E-state index contributed by atoms with van der Waals surface area (Å²) in [6.45, 7) is -0.0727. The van der Waals surface area contributed by atoms with E-state index in [2.05, 4.69) is 15.3 Å². The van der Waals surface area contributed by atoms with Crippen molar-refractivity contribution >= 4 is 38.4 Å². The molecule has 4 N–H and O–H groups in total. The summed E-state index contributed by atoms with van der Waals surface area (Å²) < 4.78 is 26.7. The first-order valence-electron chi connectivity index (χ1n) is 11.6. The van der Waals surface area contributed by atoms with E-state index in [1.165, 1.54) is 20.2 Å². The van der Waals surface area contributed by atoms with Crippen molar-refractivity contribution in [3.8, 4) is 22.4 Å². The molecule has 0 unspecified atom stereocenters. The Morgan fingerprint density at radius 3 is 2.47 bits per heavy atom. The van der Waals surface area contributed by atoms with Crippen LogP contribution in [0.4, 0.5) is 17.5 Å². The van der Waals surface area contributed by atoms with Crippen LogP contribution < -0.4 is 11.1 Å². The van der Waals surface area contributed by atoms with E-state index in [-0.39, 0.29) is 17.3 Å². The third-order valence-corrected chi connectivity index (χ3v) is 7.83. The molecular formula is C27H25N7O3S. The minimum atomic E-state index is -3.78. The molecule has 5 rings (SSSR count). The number of nitrogen functional groups attached to an aromatic ring is 1. The fraction of sp³-hybridized carbons (Fsp3) is 0.111. The number of pyridine rings is 2. The molecule has 38 heavy (non-hydrogen) atoms. The second-order valence-electron chi connectivity index (χ2n) is 8.74. The summed E-state index contributed by atoms with van der Waals surface area (Å²) in [7, 11) is -0.890. The molecule has 0 aliphatic heterocycles. The number of aliphatic hydroxyl groups is 1. The predicted octanol–water partition coefficient (Wildman–Crippen LogP) is 3.82. The van der Waals surface area contributed by atoms with Gasteiger partial charge in [-0.3, -0.25) is 4.98 Å². The first-order chi connectivity index (χ1) is 18.3. The van der Waals surface area contributed by atoms with E-state index in [1.54, 1.807) is 18.6 Å². The van der Waals surface area contributed by atoms with Crippen LogP contribution in [-0.4, -0.2) is 51.9 Å².